The zero-order valence-corrected chi connectivity index (χ0v) is 16.2. The third kappa shape index (κ3) is 5.43. The van der Waals surface area contributed by atoms with Gasteiger partial charge in [0.05, 0.1) is 11.5 Å². The highest BCUT2D eigenvalue weighted by Gasteiger charge is 2.34. The number of sulfone groups is 1. The van der Waals surface area contributed by atoms with Crippen LogP contribution in [0, 0.1) is 0 Å². The standard InChI is InChI=1S/C20H26N2O4S/c1-2-14-26-19-6-3-17(4-7-19)5-8-20(23)22-12-10-21(11-13-22)18-9-15-27(24,25)16-18/h2-8,18H,1,9-16H2/b8-5+/t18-/m1/s1. The Hall–Kier alpha value is -2.12. The fraction of sp³-hybridized carbons (Fsp3) is 0.450. The van der Waals surface area contributed by atoms with Gasteiger partial charge in [0.2, 0.25) is 5.91 Å². The summed E-state index contributed by atoms with van der Waals surface area (Å²) < 4.78 is 28.7. The van der Waals surface area contributed by atoms with E-state index in [-0.39, 0.29) is 23.5 Å². The molecule has 1 aromatic rings. The van der Waals surface area contributed by atoms with Crippen LogP contribution in [0.3, 0.4) is 0 Å². The number of amides is 1. The predicted octanol–water partition coefficient (Wildman–Crippen LogP) is 1.60. The van der Waals surface area contributed by atoms with Crippen molar-refractivity contribution in [3.63, 3.8) is 0 Å². The van der Waals surface area contributed by atoms with Crippen LogP contribution in [0.5, 0.6) is 5.75 Å². The number of ether oxygens (including phenoxy) is 1. The van der Waals surface area contributed by atoms with Gasteiger partial charge in [-0.25, -0.2) is 8.42 Å². The Labute approximate surface area is 161 Å². The van der Waals surface area contributed by atoms with E-state index in [1.807, 2.05) is 29.2 Å². The number of benzene rings is 1. The van der Waals surface area contributed by atoms with Crippen LogP contribution in [0.1, 0.15) is 12.0 Å². The second-order valence-electron chi connectivity index (χ2n) is 6.92. The fourth-order valence-corrected chi connectivity index (χ4v) is 5.24. The summed E-state index contributed by atoms with van der Waals surface area (Å²) in [4.78, 5) is 16.4. The minimum atomic E-state index is -2.87. The summed E-state index contributed by atoms with van der Waals surface area (Å²) in [6.07, 6.45) is 5.80. The molecule has 0 unspecified atom stereocenters. The van der Waals surface area contributed by atoms with Crippen LogP contribution in [0.2, 0.25) is 0 Å². The maximum absolute atomic E-state index is 12.4. The normalized spacial score (nSPS) is 22.8. The first-order valence-electron chi connectivity index (χ1n) is 9.22. The van der Waals surface area contributed by atoms with E-state index in [2.05, 4.69) is 11.5 Å². The highest BCUT2D eigenvalue weighted by Crippen LogP contribution is 2.19. The molecule has 6 nitrogen and oxygen atoms in total. The molecule has 1 aromatic carbocycles. The van der Waals surface area contributed by atoms with Gasteiger partial charge in [0, 0.05) is 38.3 Å². The van der Waals surface area contributed by atoms with Gasteiger partial charge in [-0.1, -0.05) is 24.8 Å². The van der Waals surface area contributed by atoms with Crippen LogP contribution in [0.15, 0.2) is 43.0 Å². The zero-order valence-electron chi connectivity index (χ0n) is 15.4. The number of hydrogen-bond acceptors (Lipinski definition) is 5. The number of rotatable bonds is 6. The van der Waals surface area contributed by atoms with Crippen LogP contribution in [-0.4, -0.2) is 74.5 Å². The van der Waals surface area contributed by atoms with E-state index in [0.717, 1.165) is 24.4 Å². The van der Waals surface area contributed by atoms with E-state index in [1.54, 1.807) is 18.2 Å². The molecule has 2 saturated heterocycles. The van der Waals surface area contributed by atoms with Gasteiger partial charge >= 0.3 is 0 Å². The summed E-state index contributed by atoms with van der Waals surface area (Å²) >= 11 is 0. The third-order valence-corrected chi connectivity index (χ3v) is 6.77. The van der Waals surface area contributed by atoms with E-state index in [1.165, 1.54) is 0 Å². The van der Waals surface area contributed by atoms with Gasteiger partial charge in [-0.2, -0.15) is 0 Å². The Morgan fingerprint density at radius 1 is 1.19 bits per heavy atom. The van der Waals surface area contributed by atoms with Crippen molar-refractivity contribution in [2.75, 3.05) is 44.3 Å². The molecular weight excluding hydrogens is 364 g/mol. The van der Waals surface area contributed by atoms with E-state index >= 15 is 0 Å². The lowest BCUT2D eigenvalue weighted by atomic mass is 10.1. The minimum Gasteiger partial charge on any atom is -0.490 e. The van der Waals surface area contributed by atoms with Crippen molar-refractivity contribution >= 4 is 21.8 Å². The Kier molecular flexibility index (Phi) is 6.34. The maximum Gasteiger partial charge on any atom is 0.246 e. The van der Waals surface area contributed by atoms with Crippen LogP contribution in [-0.2, 0) is 14.6 Å². The van der Waals surface area contributed by atoms with Crippen LogP contribution in [0.4, 0.5) is 0 Å². The number of carbonyl (C=O) groups is 1. The van der Waals surface area contributed by atoms with Crippen molar-refractivity contribution in [1.29, 1.82) is 0 Å². The van der Waals surface area contributed by atoms with Gasteiger partial charge in [-0.3, -0.25) is 9.69 Å². The molecule has 27 heavy (non-hydrogen) atoms. The van der Waals surface area contributed by atoms with Crippen LogP contribution < -0.4 is 4.74 Å². The summed E-state index contributed by atoms with van der Waals surface area (Å²) in [5, 5.41) is 0. The minimum absolute atomic E-state index is 0.0133. The molecule has 1 atom stereocenters. The van der Waals surface area contributed by atoms with Crippen LogP contribution in [0.25, 0.3) is 6.08 Å². The lowest BCUT2D eigenvalue weighted by Crippen LogP contribution is -2.52. The average Bonchev–Trinajstić information content (AvgIpc) is 3.05. The lowest BCUT2D eigenvalue weighted by molar-refractivity contribution is -0.127. The van der Waals surface area contributed by atoms with E-state index in [0.29, 0.717) is 26.1 Å². The summed E-state index contributed by atoms with van der Waals surface area (Å²) in [6.45, 7) is 6.80. The Morgan fingerprint density at radius 2 is 1.89 bits per heavy atom. The molecule has 7 heteroatoms. The molecule has 2 heterocycles. The first-order valence-corrected chi connectivity index (χ1v) is 11.0. The molecule has 0 bridgehead atoms. The molecule has 3 rings (SSSR count). The number of carbonyl (C=O) groups excluding carboxylic acids is 1. The molecule has 0 spiro atoms. The largest absolute Gasteiger partial charge is 0.490 e. The SMILES string of the molecule is C=CCOc1ccc(/C=C/C(=O)N2CCN([C@@H]3CCS(=O)(=O)C3)CC2)cc1. The van der Waals surface area contributed by atoms with Crippen molar-refractivity contribution in [2.24, 2.45) is 0 Å². The van der Waals surface area contributed by atoms with Gasteiger partial charge in [-0.15, -0.1) is 0 Å². The lowest BCUT2D eigenvalue weighted by Gasteiger charge is -2.37. The summed E-state index contributed by atoms with van der Waals surface area (Å²) in [7, 11) is -2.87. The van der Waals surface area contributed by atoms with E-state index in [9.17, 15) is 13.2 Å². The topological polar surface area (TPSA) is 66.9 Å². The van der Waals surface area contributed by atoms with Gasteiger partial charge in [0.25, 0.3) is 0 Å². The summed E-state index contributed by atoms with van der Waals surface area (Å²) in [5.41, 5.74) is 0.934. The monoisotopic (exact) mass is 390 g/mol. The second kappa shape index (κ2) is 8.71. The Morgan fingerprint density at radius 3 is 2.48 bits per heavy atom. The quantitative estimate of drug-likeness (QED) is 0.545. The van der Waals surface area contributed by atoms with Gasteiger partial charge in [0.1, 0.15) is 12.4 Å². The Balaban J connectivity index is 1.48. The molecule has 2 aliphatic heterocycles. The summed E-state index contributed by atoms with van der Waals surface area (Å²) in [5.74, 6) is 1.30. The highest BCUT2D eigenvalue weighted by atomic mass is 32.2. The van der Waals surface area contributed by atoms with Gasteiger partial charge in [-0.05, 0) is 30.2 Å². The smallest absolute Gasteiger partial charge is 0.246 e. The first-order chi connectivity index (χ1) is 13.0. The number of piperazine rings is 1. The van der Waals surface area contributed by atoms with Crippen molar-refractivity contribution in [3.8, 4) is 5.75 Å². The molecule has 0 aromatic heterocycles. The first kappa shape index (κ1) is 19.6. The average molecular weight is 391 g/mol. The predicted molar refractivity (Wildman–Crippen MR) is 106 cm³/mol. The highest BCUT2D eigenvalue weighted by molar-refractivity contribution is 7.91. The van der Waals surface area contributed by atoms with Crippen molar-refractivity contribution < 1.29 is 17.9 Å². The maximum atomic E-state index is 12.4. The van der Waals surface area contributed by atoms with Crippen LogP contribution >= 0.6 is 0 Å². The van der Waals surface area contributed by atoms with Crippen molar-refractivity contribution in [1.82, 2.24) is 9.80 Å². The van der Waals surface area contributed by atoms with Gasteiger partial charge < -0.3 is 9.64 Å². The molecule has 0 aliphatic carbocycles. The molecule has 0 radical (unpaired) electrons. The summed E-state index contributed by atoms with van der Waals surface area (Å²) in [6, 6.07) is 7.65. The number of hydrogen-bond donors (Lipinski definition) is 0. The Bertz CT molecular complexity index is 794. The molecular formula is C20H26N2O4S. The van der Waals surface area contributed by atoms with E-state index < -0.39 is 9.84 Å². The second-order valence-corrected chi connectivity index (χ2v) is 9.15. The van der Waals surface area contributed by atoms with Gasteiger partial charge in [0.15, 0.2) is 9.84 Å². The molecule has 146 valence electrons. The van der Waals surface area contributed by atoms with E-state index in [4.69, 9.17) is 4.74 Å². The molecule has 1 amide bonds. The molecule has 2 fully saturated rings. The van der Waals surface area contributed by atoms with Crippen molar-refractivity contribution in [2.45, 2.75) is 12.5 Å². The molecule has 0 saturated carbocycles. The third-order valence-electron chi connectivity index (χ3n) is 5.02. The molecule has 0 N–H and O–H groups in total. The zero-order chi connectivity index (χ0) is 19.3. The van der Waals surface area contributed by atoms with Crippen molar-refractivity contribution in [3.05, 3.63) is 48.6 Å². The fourth-order valence-electron chi connectivity index (χ4n) is 3.47. The molecule has 2 aliphatic rings. The number of nitrogens with zero attached hydrogens (tertiary/aromatic N) is 2.